The van der Waals surface area contributed by atoms with E-state index in [1.54, 1.807) is 0 Å². The van der Waals surface area contributed by atoms with Crippen molar-refractivity contribution in [3.8, 4) is 5.75 Å². The summed E-state index contributed by atoms with van der Waals surface area (Å²) < 4.78 is 6.03. The van der Waals surface area contributed by atoms with Crippen LogP contribution in [0.15, 0.2) is 54.6 Å². The summed E-state index contributed by atoms with van der Waals surface area (Å²) in [7, 11) is 0. The van der Waals surface area contributed by atoms with E-state index in [2.05, 4.69) is 19.1 Å². The predicted octanol–water partition coefficient (Wildman–Crippen LogP) is 3.68. The number of amides is 1. The Labute approximate surface area is 131 Å². The zero-order valence-electron chi connectivity index (χ0n) is 12.9. The third-order valence-corrected chi connectivity index (χ3v) is 4.04. The number of nitrogens with zero attached hydrogens (tertiary/aromatic N) is 1. The molecule has 0 spiro atoms. The second-order valence-electron chi connectivity index (χ2n) is 5.79. The number of hydrogen-bond acceptors (Lipinski definition) is 2. The molecule has 0 saturated carbocycles. The first kappa shape index (κ1) is 14.6. The Kier molecular flexibility index (Phi) is 4.42. The molecule has 3 rings (SSSR count). The summed E-state index contributed by atoms with van der Waals surface area (Å²) in [6.07, 6.45) is 1.96. The van der Waals surface area contributed by atoms with Gasteiger partial charge in [0.05, 0.1) is 0 Å². The Morgan fingerprint density at radius 1 is 1.05 bits per heavy atom. The van der Waals surface area contributed by atoms with Crippen LogP contribution in [-0.4, -0.2) is 30.0 Å². The maximum absolute atomic E-state index is 12.4. The van der Waals surface area contributed by atoms with Gasteiger partial charge in [-0.15, -0.1) is 0 Å². The Morgan fingerprint density at radius 3 is 2.45 bits per heavy atom. The first-order chi connectivity index (χ1) is 10.7. The third-order valence-electron chi connectivity index (χ3n) is 4.04. The molecule has 1 amide bonds. The number of piperidine rings is 1. The summed E-state index contributed by atoms with van der Waals surface area (Å²) in [5.41, 5.74) is 1.97. The molecule has 1 fully saturated rings. The van der Waals surface area contributed by atoms with Gasteiger partial charge in [-0.3, -0.25) is 4.79 Å². The first-order valence-corrected chi connectivity index (χ1v) is 7.80. The molecular weight excluding hydrogens is 274 g/mol. The molecule has 1 heterocycles. The standard InChI is InChI=1S/C19H21NO2/c1-15-6-5-9-18(14-15)22-17-10-12-20(13-11-17)19(21)16-7-3-2-4-8-16/h2-9,14,17H,10-13H2,1H3. The molecule has 3 nitrogen and oxygen atoms in total. The molecule has 0 aromatic heterocycles. The fourth-order valence-electron chi connectivity index (χ4n) is 2.82. The van der Waals surface area contributed by atoms with Crippen molar-refractivity contribution < 1.29 is 9.53 Å². The molecule has 2 aromatic rings. The van der Waals surface area contributed by atoms with Crippen LogP contribution >= 0.6 is 0 Å². The van der Waals surface area contributed by atoms with E-state index in [9.17, 15) is 4.79 Å². The highest BCUT2D eigenvalue weighted by atomic mass is 16.5. The van der Waals surface area contributed by atoms with E-state index in [4.69, 9.17) is 4.74 Å². The van der Waals surface area contributed by atoms with Crippen LogP contribution in [-0.2, 0) is 0 Å². The van der Waals surface area contributed by atoms with Crippen molar-refractivity contribution in [3.63, 3.8) is 0 Å². The van der Waals surface area contributed by atoms with Crippen LogP contribution in [0.25, 0.3) is 0 Å². The Morgan fingerprint density at radius 2 is 1.77 bits per heavy atom. The second kappa shape index (κ2) is 6.65. The SMILES string of the molecule is Cc1cccc(OC2CCN(C(=O)c3ccccc3)CC2)c1. The summed E-state index contributed by atoms with van der Waals surface area (Å²) in [6, 6.07) is 17.6. The van der Waals surface area contributed by atoms with Crippen molar-refractivity contribution in [2.24, 2.45) is 0 Å². The molecule has 22 heavy (non-hydrogen) atoms. The van der Waals surface area contributed by atoms with Gasteiger partial charge in [-0.25, -0.2) is 0 Å². The Bertz CT molecular complexity index is 631. The average molecular weight is 295 g/mol. The normalized spacial score (nSPS) is 15.6. The van der Waals surface area contributed by atoms with Crippen LogP contribution in [0.4, 0.5) is 0 Å². The number of likely N-dealkylation sites (tertiary alicyclic amines) is 1. The van der Waals surface area contributed by atoms with Crippen molar-refractivity contribution in [2.75, 3.05) is 13.1 Å². The lowest BCUT2D eigenvalue weighted by Crippen LogP contribution is -2.41. The van der Waals surface area contributed by atoms with Gasteiger partial charge >= 0.3 is 0 Å². The van der Waals surface area contributed by atoms with Gasteiger partial charge in [0.25, 0.3) is 5.91 Å². The number of hydrogen-bond donors (Lipinski definition) is 0. The molecule has 0 radical (unpaired) electrons. The predicted molar refractivity (Wildman–Crippen MR) is 87.2 cm³/mol. The highest BCUT2D eigenvalue weighted by Gasteiger charge is 2.24. The van der Waals surface area contributed by atoms with E-state index in [-0.39, 0.29) is 12.0 Å². The molecular formula is C19H21NO2. The molecule has 0 N–H and O–H groups in total. The highest BCUT2D eigenvalue weighted by Crippen LogP contribution is 2.21. The lowest BCUT2D eigenvalue weighted by atomic mass is 10.1. The average Bonchev–Trinajstić information content (AvgIpc) is 2.56. The molecule has 1 aliphatic rings. The fraction of sp³-hybridized carbons (Fsp3) is 0.316. The zero-order chi connectivity index (χ0) is 15.4. The molecule has 1 aliphatic heterocycles. The van der Waals surface area contributed by atoms with Crippen LogP contribution < -0.4 is 4.74 Å². The number of ether oxygens (including phenoxy) is 1. The minimum atomic E-state index is 0.120. The van der Waals surface area contributed by atoms with Crippen LogP contribution in [0.3, 0.4) is 0 Å². The lowest BCUT2D eigenvalue weighted by molar-refractivity contribution is 0.0595. The molecule has 1 saturated heterocycles. The van der Waals surface area contributed by atoms with E-state index in [1.807, 2.05) is 47.4 Å². The van der Waals surface area contributed by atoms with Gasteiger partial charge in [0.15, 0.2) is 0 Å². The molecule has 114 valence electrons. The van der Waals surface area contributed by atoms with E-state index < -0.39 is 0 Å². The van der Waals surface area contributed by atoms with Gasteiger partial charge in [0.1, 0.15) is 11.9 Å². The smallest absolute Gasteiger partial charge is 0.253 e. The van der Waals surface area contributed by atoms with Gasteiger partial charge in [-0.05, 0) is 36.8 Å². The Hall–Kier alpha value is -2.29. The molecule has 3 heteroatoms. The van der Waals surface area contributed by atoms with Crippen molar-refractivity contribution in [3.05, 3.63) is 65.7 Å². The maximum atomic E-state index is 12.4. The van der Waals surface area contributed by atoms with E-state index in [0.29, 0.717) is 0 Å². The Balaban J connectivity index is 1.55. The summed E-state index contributed by atoms with van der Waals surface area (Å²) in [6.45, 7) is 3.57. The first-order valence-electron chi connectivity index (χ1n) is 7.80. The van der Waals surface area contributed by atoms with Gasteiger partial charge in [0, 0.05) is 31.5 Å². The molecule has 0 atom stereocenters. The summed E-state index contributed by atoms with van der Waals surface area (Å²) in [5, 5.41) is 0. The third kappa shape index (κ3) is 3.48. The van der Waals surface area contributed by atoms with E-state index in [1.165, 1.54) is 5.56 Å². The van der Waals surface area contributed by atoms with Crippen LogP contribution in [0.5, 0.6) is 5.75 Å². The number of benzene rings is 2. The number of carbonyl (C=O) groups excluding carboxylic acids is 1. The summed E-state index contributed by atoms with van der Waals surface area (Å²) in [5.74, 6) is 1.04. The van der Waals surface area contributed by atoms with Crippen LogP contribution in [0.2, 0.25) is 0 Å². The van der Waals surface area contributed by atoms with Gasteiger partial charge in [-0.1, -0.05) is 30.3 Å². The molecule has 0 aliphatic carbocycles. The van der Waals surface area contributed by atoms with Crippen molar-refractivity contribution in [2.45, 2.75) is 25.9 Å². The monoisotopic (exact) mass is 295 g/mol. The van der Waals surface area contributed by atoms with Crippen molar-refractivity contribution in [1.82, 2.24) is 4.90 Å². The highest BCUT2D eigenvalue weighted by molar-refractivity contribution is 5.94. The molecule has 2 aromatic carbocycles. The number of carbonyl (C=O) groups is 1. The number of rotatable bonds is 3. The zero-order valence-corrected chi connectivity index (χ0v) is 12.9. The van der Waals surface area contributed by atoms with E-state index >= 15 is 0 Å². The quantitative estimate of drug-likeness (QED) is 0.864. The topological polar surface area (TPSA) is 29.5 Å². The minimum absolute atomic E-state index is 0.120. The van der Waals surface area contributed by atoms with Gasteiger partial charge < -0.3 is 9.64 Å². The second-order valence-corrected chi connectivity index (χ2v) is 5.79. The maximum Gasteiger partial charge on any atom is 0.253 e. The minimum Gasteiger partial charge on any atom is -0.490 e. The van der Waals surface area contributed by atoms with Crippen LogP contribution in [0.1, 0.15) is 28.8 Å². The summed E-state index contributed by atoms with van der Waals surface area (Å²) >= 11 is 0. The lowest BCUT2D eigenvalue weighted by Gasteiger charge is -2.32. The van der Waals surface area contributed by atoms with E-state index in [0.717, 1.165) is 37.2 Å². The molecule has 0 bridgehead atoms. The van der Waals surface area contributed by atoms with Gasteiger partial charge in [-0.2, -0.15) is 0 Å². The largest absolute Gasteiger partial charge is 0.490 e. The van der Waals surface area contributed by atoms with Crippen molar-refractivity contribution in [1.29, 1.82) is 0 Å². The molecule has 0 unspecified atom stereocenters. The number of aryl methyl sites for hydroxylation is 1. The van der Waals surface area contributed by atoms with Gasteiger partial charge in [0.2, 0.25) is 0 Å². The summed E-state index contributed by atoms with van der Waals surface area (Å²) in [4.78, 5) is 14.3. The fourth-order valence-corrected chi connectivity index (χ4v) is 2.82. The van der Waals surface area contributed by atoms with Crippen LogP contribution in [0, 0.1) is 6.92 Å². The van der Waals surface area contributed by atoms with Crippen molar-refractivity contribution >= 4 is 5.91 Å².